The Morgan fingerprint density at radius 3 is 2.00 bits per heavy atom. The molecule has 1 aromatic rings. The Morgan fingerprint density at radius 1 is 1.15 bits per heavy atom. The molecular formula is C8H10O4S. The van der Waals surface area contributed by atoms with Gasteiger partial charge in [0, 0.05) is 11.8 Å². The van der Waals surface area contributed by atoms with Gasteiger partial charge in [-0.1, -0.05) is 0 Å². The van der Waals surface area contributed by atoms with Crippen LogP contribution < -0.4 is 0 Å². The van der Waals surface area contributed by atoms with Crippen LogP contribution >= 0.6 is 0 Å². The van der Waals surface area contributed by atoms with Crippen LogP contribution in [0.2, 0.25) is 0 Å². The summed E-state index contributed by atoms with van der Waals surface area (Å²) in [6, 6.07) is 2.40. The van der Waals surface area contributed by atoms with Gasteiger partial charge in [0.25, 0.3) is 0 Å². The van der Waals surface area contributed by atoms with Crippen molar-refractivity contribution in [3.05, 3.63) is 17.7 Å². The van der Waals surface area contributed by atoms with Crippen molar-refractivity contribution in [2.45, 2.75) is 11.8 Å². The van der Waals surface area contributed by atoms with Crippen molar-refractivity contribution in [1.82, 2.24) is 0 Å². The van der Waals surface area contributed by atoms with Gasteiger partial charge in [0.2, 0.25) is 0 Å². The Balaban J connectivity index is 3.62. The molecule has 0 aliphatic heterocycles. The Hall–Kier alpha value is -1.23. The van der Waals surface area contributed by atoms with E-state index in [4.69, 9.17) is 0 Å². The minimum absolute atomic E-state index is 0.141. The molecule has 1 aromatic carbocycles. The third-order valence-electron chi connectivity index (χ3n) is 1.73. The first-order chi connectivity index (χ1) is 5.84. The molecule has 0 saturated carbocycles. The van der Waals surface area contributed by atoms with Crippen molar-refractivity contribution in [3.8, 4) is 11.5 Å². The molecule has 0 aliphatic rings. The highest BCUT2D eigenvalue weighted by atomic mass is 32.2. The highest BCUT2D eigenvalue weighted by Gasteiger charge is 2.18. The normalized spacial score (nSPS) is 11.5. The number of phenolic OH excluding ortho intramolecular Hbond substituents is 2. The molecule has 0 fully saturated rings. The maximum Gasteiger partial charge on any atom is 0.179 e. The summed E-state index contributed by atoms with van der Waals surface area (Å²) in [6.07, 6.45) is 0.981. The summed E-state index contributed by atoms with van der Waals surface area (Å²) in [5.41, 5.74) is 0.169. The molecule has 0 aliphatic carbocycles. The number of aromatic hydroxyl groups is 2. The monoisotopic (exact) mass is 202 g/mol. The molecule has 0 spiro atoms. The van der Waals surface area contributed by atoms with Crippen LogP contribution in [0.3, 0.4) is 0 Å². The lowest BCUT2D eigenvalue weighted by atomic mass is 10.2. The van der Waals surface area contributed by atoms with Gasteiger partial charge in [0.05, 0.1) is 0 Å². The second-order valence-corrected chi connectivity index (χ2v) is 4.78. The molecule has 0 unspecified atom stereocenters. The Bertz CT molecular complexity index is 434. The van der Waals surface area contributed by atoms with Gasteiger partial charge < -0.3 is 10.2 Å². The van der Waals surface area contributed by atoms with Crippen molar-refractivity contribution in [2.75, 3.05) is 6.26 Å². The first-order valence-corrected chi connectivity index (χ1v) is 5.45. The SMILES string of the molecule is Cc1c(O)ccc(O)c1S(C)(=O)=O. The first kappa shape index (κ1) is 9.85. The van der Waals surface area contributed by atoms with Crippen molar-refractivity contribution in [1.29, 1.82) is 0 Å². The number of hydrogen-bond donors (Lipinski definition) is 2. The molecule has 0 atom stereocenters. The van der Waals surface area contributed by atoms with Crippen molar-refractivity contribution < 1.29 is 18.6 Å². The number of rotatable bonds is 1. The second kappa shape index (κ2) is 2.92. The van der Waals surface area contributed by atoms with E-state index in [9.17, 15) is 18.6 Å². The molecule has 0 saturated heterocycles. The van der Waals surface area contributed by atoms with Gasteiger partial charge in [-0.3, -0.25) is 0 Å². The lowest BCUT2D eigenvalue weighted by Crippen LogP contribution is -2.00. The minimum Gasteiger partial charge on any atom is -0.508 e. The smallest absolute Gasteiger partial charge is 0.179 e. The van der Waals surface area contributed by atoms with Gasteiger partial charge in [-0.2, -0.15) is 0 Å². The van der Waals surface area contributed by atoms with Gasteiger partial charge >= 0.3 is 0 Å². The van der Waals surface area contributed by atoms with E-state index in [1.165, 1.54) is 13.0 Å². The number of benzene rings is 1. The fraction of sp³-hybridized carbons (Fsp3) is 0.250. The molecular weight excluding hydrogens is 192 g/mol. The van der Waals surface area contributed by atoms with Crippen LogP contribution in [0, 0.1) is 6.92 Å². The van der Waals surface area contributed by atoms with E-state index in [1.54, 1.807) is 0 Å². The van der Waals surface area contributed by atoms with E-state index in [0.29, 0.717) is 0 Å². The zero-order valence-electron chi connectivity index (χ0n) is 7.27. The van der Waals surface area contributed by atoms with E-state index in [2.05, 4.69) is 0 Å². The third kappa shape index (κ3) is 1.75. The molecule has 0 aromatic heterocycles. The lowest BCUT2D eigenvalue weighted by molar-refractivity contribution is 0.441. The van der Waals surface area contributed by atoms with Gasteiger partial charge in [-0.25, -0.2) is 8.42 Å². The highest BCUT2D eigenvalue weighted by molar-refractivity contribution is 7.90. The molecule has 5 heteroatoms. The van der Waals surface area contributed by atoms with E-state index >= 15 is 0 Å². The predicted molar refractivity (Wildman–Crippen MR) is 47.6 cm³/mol. The van der Waals surface area contributed by atoms with Crippen LogP contribution in [-0.4, -0.2) is 24.9 Å². The zero-order chi connectivity index (χ0) is 10.2. The highest BCUT2D eigenvalue weighted by Crippen LogP contribution is 2.31. The summed E-state index contributed by atoms with van der Waals surface area (Å²) < 4.78 is 22.3. The minimum atomic E-state index is -3.50. The van der Waals surface area contributed by atoms with Crippen molar-refractivity contribution in [2.24, 2.45) is 0 Å². The molecule has 4 nitrogen and oxygen atoms in total. The Labute approximate surface area is 76.4 Å². The largest absolute Gasteiger partial charge is 0.508 e. The predicted octanol–water partition coefficient (Wildman–Crippen LogP) is 0.810. The average Bonchev–Trinajstić information content (AvgIpc) is 1.95. The average molecular weight is 202 g/mol. The maximum absolute atomic E-state index is 11.2. The summed E-state index contributed by atoms with van der Waals surface area (Å²) >= 11 is 0. The standard InChI is InChI=1S/C8H10O4S/c1-5-6(9)3-4-7(10)8(5)13(2,11)12/h3-4,9-10H,1-2H3. The number of phenols is 2. The molecule has 0 radical (unpaired) electrons. The summed E-state index contributed by atoms with van der Waals surface area (Å²) in [5.74, 6) is -0.476. The van der Waals surface area contributed by atoms with Crippen LogP contribution in [0.15, 0.2) is 17.0 Å². The fourth-order valence-corrected chi connectivity index (χ4v) is 2.24. The zero-order valence-corrected chi connectivity index (χ0v) is 8.09. The van der Waals surface area contributed by atoms with Crippen LogP contribution in [0.1, 0.15) is 5.56 Å². The molecule has 0 bridgehead atoms. The lowest BCUT2D eigenvalue weighted by Gasteiger charge is -2.07. The van der Waals surface area contributed by atoms with E-state index in [0.717, 1.165) is 12.3 Å². The van der Waals surface area contributed by atoms with Crippen molar-refractivity contribution >= 4 is 9.84 Å². The van der Waals surface area contributed by atoms with Gasteiger partial charge in [-0.05, 0) is 19.1 Å². The van der Waals surface area contributed by atoms with Crippen LogP contribution in [0.25, 0.3) is 0 Å². The maximum atomic E-state index is 11.2. The Morgan fingerprint density at radius 2 is 1.62 bits per heavy atom. The molecule has 72 valence electrons. The van der Waals surface area contributed by atoms with Crippen LogP contribution in [0.5, 0.6) is 11.5 Å². The van der Waals surface area contributed by atoms with Gasteiger partial charge in [-0.15, -0.1) is 0 Å². The summed E-state index contributed by atoms with van der Waals surface area (Å²) in [6.45, 7) is 1.44. The number of hydrogen-bond acceptors (Lipinski definition) is 4. The van der Waals surface area contributed by atoms with Crippen molar-refractivity contribution in [3.63, 3.8) is 0 Å². The van der Waals surface area contributed by atoms with E-state index in [1.807, 2.05) is 0 Å². The first-order valence-electron chi connectivity index (χ1n) is 3.55. The van der Waals surface area contributed by atoms with E-state index < -0.39 is 9.84 Å². The quantitative estimate of drug-likeness (QED) is 0.661. The molecule has 2 N–H and O–H groups in total. The molecule has 1 rings (SSSR count). The molecule has 0 amide bonds. The molecule has 0 heterocycles. The second-order valence-electron chi connectivity index (χ2n) is 2.83. The van der Waals surface area contributed by atoms with Crippen LogP contribution in [-0.2, 0) is 9.84 Å². The summed E-state index contributed by atoms with van der Waals surface area (Å²) in [7, 11) is -3.50. The topological polar surface area (TPSA) is 74.6 Å². The summed E-state index contributed by atoms with van der Waals surface area (Å²) in [4.78, 5) is -0.215. The van der Waals surface area contributed by atoms with Gasteiger partial charge in [0.1, 0.15) is 16.4 Å². The number of sulfone groups is 1. The third-order valence-corrected chi connectivity index (χ3v) is 2.98. The summed E-state index contributed by atoms with van der Waals surface area (Å²) in [5, 5.41) is 18.5. The fourth-order valence-electron chi connectivity index (χ4n) is 1.14. The molecule has 13 heavy (non-hydrogen) atoms. The Kier molecular flexibility index (Phi) is 2.21. The van der Waals surface area contributed by atoms with Crippen LogP contribution in [0.4, 0.5) is 0 Å². The van der Waals surface area contributed by atoms with E-state index in [-0.39, 0.29) is 22.0 Å². The van der Waals surface area contributed by atoms with Gasteiger partial charge in [0.15, 0.2) is 9.84 Å².